The number of nitrogens with one attached hydrogen (secondary N) is 1. The van der Waals surface area contributed by atoms with Crippen LogP contribution in [0.25, 0.3) is 0 Å². The number of hydrogen-bond donors (Lipinski definition) is 1. The molecule has 1 heterocycles. The van der Waals surface area contributed by atoms with Crippen molar-refractivity contribution in [1.82, 2.24) is 5.32 Å². The van der Waals surface area contributed by atoms with E-state index in [1.54, 1.807) is 7.05 Å². The SMILES string of the molecule is CNC(=O)/C(C)=C/C(C)C1CCCO1. The molecule has 0 radical (unpaired) electrons. The van der Waals surface area contributed by atoms with Gasteiger partial charge in [0, 0.05) is 25.1 Å². The van der Waals surface area contributed by atoms with Gasteiger partial charge < -0.3 is 10.1 Å². The van der Waals surface area contributed by atoms with Crippen LogP contribution in [0.15, 0.2) is 11.6 Å². The molecule has 0 aromatic heterocycles. The first-order chi connectivity index (χ1) is 6.65. The van der Waals surface area contributed by atoms with E-state index in [0.717, 1.165) is 25.0 Å². The minimum absolute atomic E-state index is 0.00477. The van der Waals surface area contributed by atoms with Crippen LogP contribution in [0.1, 0.15) is 26.7 Å². The summed E-state index contributed by atoms with van der Waals surface area (Å²) in [7, 11) is 1.65. The fourth-order valence-corrected chi connectivity index (χ4v) is 1.79. The fourth-order valence-electron chi connectivity index (χ4n) is 1.79. The van der Waals surface area contributed by atoms with E-state index in [2.05, 4.69) is 12.2 Å². The summed E-state index contributed by atoms with van der Waals surface area (Å²) in [6.07, 6.45) is 4.55. The Morgan fingerprint density at radius 2 is 2.36 bits per heavy atom. The van der Waals surface area contributed by atoms with Gasteiger partial charge in [0.15, 0.2) is 0 Å². The second-order valence-corrected chi connectivity index (χ2v) is 3.84. The zero-order valence-electron chi connectivity index (χ0n) is 9.17. The molecule has 14 heavy (non-hydrogen) atoms. The maximum absolute atomic E-state index is 11.2. The van der Waals surface area contributed by atoms with Gasteiger partial charge in [-0.2, -0.15) is 0 Å². The van der Waals surface area contributed by atoms with E-state index in [-0.39, 0.29) is 5.91 Å². The Labute approximate surface area is 85.5 Å². The molecule has 3 heteroatoms. The van der Waals surface area contributed by atoms with Gasteiger partial charge in [0.2, 0.25) is 5.91 Å². The smallest absolute Gasteiger partial charge is 0.246 e. The average Bonchev–Trinajstić information content (AvgIpc) is 2.69. The van der Waals surface area contributed by atoms with Gasteiger partial charge in [0.1, 0.15) is 0 Å². The second-order valence-electron chi connectivity index (χ2n) is 3.84. The maximum atomic E-state index is 11.2. The van der Waals surface area contributed by atoms with Gasteiger partial charge in [0.25, 0.3) is 0 Å². The molecule has 3 nitrogen and oxygen atoms in total. The standard InChI is InChI=1S/C11H19NO2/c1-8(10-5-4-6-14-10)7-9(2)11(13)12-3/h7-8,10H,4-6H2,1-3H3,(H,12,13)/b9-7+. The van der Waals surface area contributed by atoms with E-state index >= 15 is 0 Å². The Kier molecular flexibility index (Phi) is 4.14. The first kappa shape index (κ1) is 11.2. The minimum atomic E-state index is -0.00477. The van der Waals surface area contributed by atoms with Crippen LogP contribution in [0.2, 0.25) is 0 Å². The molecule has 2 unspecified atom stereocenters. The topological polar surface area (TPSA) is 38.3 Å². The van der Waals surface area contributed by atoms with Crippen molar-refractivity contribution in [2.75, 3.05) is 13.7 Å². The molecule has 0 spiro atoms. The number of likely N-dealkylation sites (N-methyl/N-ethyl adjacent to an activating group) is 1. The minimum Gasteiger partial charge on any atom is -0.378 e. The summed E-state index contributed by atoms with van der Waals surface area (Å²) < 4.78 is 5.55. The predicted octanol–water partition coefficient (Wildman–Crippen LogP) is 1.49. The van der Waals surface area contributed by atoms with E-state index < -0.39 is 0 Å². The predicted molar refractivity (Wildman–Crippen MR) is 56.0 cm³/mol. The molecule has 0 aliphatic carbocycles. The van der Waals surface area contributed by atoms with Crippen LogP contribution in [0.5, 0.6) is 0 Å². The van der Waals surface area contributed by atoms with Crippen LogP contribution in [-0.2, 0) is 9.53 Å². The Hall–Kier alpha value is -0.830. The van der Waals surface area contributed by atoms with Gasteiger partial charge in [-0.05, 0) is 19.8 Å². The summed E-state index contributed by atoms with van der Waals surface area (Å²) >= 11 is 0. The van der Waals surface area contributed by atoms with Crippen molar-refractivity contribution in [3.8, 4) is 0 Å². The number of carbonyl (C=O) groups excluding carboxylic acids is 1. The second kappa shape index (κ2) is 5.15. The molecule has 1 N–H and O–H groups in total. The molecule has 2 atom stereocenters. The summed E-state index contributed by atoms with van der Waals surface area (Å²) in [6.45, 7) is 4.80. The maximum Gasteiger partial charge on any atom is 0.246 e. The first-order valence-electron chi connectivity index (χ1n) is 5.17. The van der Waals surface area contributed by atoms with Crippen LogP contribution in [0.4, 0.5) is 0 Å². The molecule has 0 bridgehead atoms. The molecule has 0 aromatic rings. The summed E-state index contributed by atoms with van der Waals surface area (Å²) in [4.78, 5) is 11.2. The average molecular weight is 197 g/mol. The summed E-state index contributed by atoms with van der Waals surface area (Å²) in [5.41, 5.74) is 0.774. The number of rotatable bonds is 3. The highest BCUT2D eigenvalue weighted by Gasteiger charge is 2.21. The zero-order chi connectivity index (χ0) is 10.6. The molecule has 80 valence electrons. The highest BCUT2D eigenvalue weighted by atomic mass is 16.5. The van der Waals surface area contributed by atoms with Crippen molar-refractivity contribution in [1.29, 1.82) is 0 Å². The lowest BCUT2D eigenvalue weighted by atomic mass is 9.99. The van der Waals surface area contributed by atoms with Gasteiger partial charge in [-0.1, -0.05) is 13.0 Å². The van der Waals surface area contributed by atoms with Gasteiger partial charge >= 0.3 is 0 Å². The Morgan fingerprint density at radius 3 is 2.86 bits per heavy atom. The monoisotopic (exact) mass is 197 g/mol. The Morgan fingerprint density at radius 1 is 1.64 bits per heavy atom. The van der Waals surface area contributed by atoms with Gasteiger partial charge in [-0.15, -0.1) is 0 Å². The van der Waals surface area contributed by atoms with Crippen molar-refractivity contribution in [2.24, 2.45) is 5.92 Å². The quantitative estimate of drug-likeness (QED) is 0.696. The summed E-state index contributed by atoms with van der Waals surface area (Å²) in [6, 6.07) is 0. The van der Waals surface area contributed by atoms with E-state index in [0.29, 0.717) is 12.0 Å². The van der Waals surface area contributed by atoms with Crippen molar-refractivity contribution in [2.45, 2.75) is 32.8 Å². The van der Waals surface area contributed by atoms with Crippen molar-refractivity contribution in [3.05, 3.63) is 11.6 Å². The third kappa shape index (κ3) is 2.84. The largest absolute Gasteiger partial charge is 0.378 e. The Balaban J connectivity index is 2.52. The van der Waals surface area contributed by atoms with Crippen LogP contribution in [0.3, 0.4) is 0 Å². The van der Waals surface area contributed by atoms with Crippen LogP contribution < -0.4 is 5.32 Å². The molecule has 1 aliphatic heterocycles. The van der Waals surface area contributed by atoms with Crippen molar-refractivity contribution < 1.29 is 9.53 Å². The van der Waals surface area contributed by atoms with E-state index in [1.807, 2.05) is 13.0 Å². The number of carbonyl (C=O) groups is 1. The van der Waals surface area contributed by atoms with E-state index in [1.165, 1.54) is 0 Å². The molecule has 1 aliphatic rings. The lowest BCUT2D eigenvalue weighted by Gasteiger charge is -2.15. The number of amides is 1. The fraction of sp³-hybridized carbons (Fsp3) is 0.727. The van der Waals surface area contributed by atoms with E-state index in [9.17, 15) is 4.79 Å². The number of ether oxygens (including phenoxy) is 1. The highest BCUT2D eigenvalue weighted by Crippen LogP contribution is 2.21. The Bertz CT molecular complexity index is 229. The molecule has 0 aromatic carbocycles. The van der Waals surface area contributed by atoms with Gasteiger partial charge in [-0.3, -0.25) is 4.79 Å². The zero-order valence-corrected chi connectivity index (χ0v) is 9.17. The first-order valence-corrected chi connectivity index (χ1v) is 5.17. The lowest BCUT2D eigenvalue weighted by molar-refractivity contribution is -0.117. The van der Waals surface area contributed by atoms with Crippen molar-refractivity contribution in [3.63, 3.8) is 0 Å². The molecular weight excluding hydrogens is 178 g/mol. The third-order valence-corrected chi connectivity index (χ3v) is 2.65. The van der Waals surface area contributed by atoms with Crippen LogP contribution in [0, 0.1) is 5.92 Å². The number of hydrogen-bond acceptors (Lipinski definition) is 2. The molecule has 1 amide bonds. The molecule has 1 saturated heterocycles. The van der Waals surface area contributed by atoms with Crippen LogP contribution in [-0.4, -0.2) is 25.7 Å². The normalized spacial score (nSPS) is 24.8. The summed E-state index contributed by atoms with van der Waals surface area (Å²) in [5.74, 6) is 0.324. The summed E-state index contributed by atoms with van der Waals surface area (Å²) in [5, 5.41) is 2.61. The molecule has 1 rings (SSSR count). The van der Waals surface area contributed by atoms with Crippen molar-refractivity contribution >= 4 is 5.91 Å². The van der Waals surface area contributed by atoms with Crippen LogP contribution >= 0.6 is 0 Å². The molecular formula is C11H19NO2. The van der Waals surface area contributed by atoms with Gasteiger partial charge in [-0.25, -0.2) is 0 Å². The van der Waals surface area contributed by atoms with E-state index in [4.69, 9.17) is 4.74 Å². The molecule has 1 fully saturated rings. The third-order valence-electron chi connectivity index (χ3n) is 2.65. The lowest BCUT2D eigenvalue weighted by Crippen LogP contribution is -2.21. The highest BCUT2D eigenvalue weighted by molar-refractivity contribution is 5.92. The van der Waals surface area contributed by atoms with Gasteiger partial charge in [0.05, 0.1) is 6.10 Å². The molecule has 0 saturated carbocycles.